The molecule has 1 N–H and O–H groups in total. The maximum absolute atomic E-state index is 14.0. The lowest BCUT2D eigenvalue weighted by Gasteiger charge is -2.31. The molecule has 0 atom stereocenters. The highest BCUT2D eigenvalue weighted by atomic mass is 32.2. The highest BCUT2D eigenvalue weighted by Gasteiger charge is 2.30. The van der Waals surface area contributed by atoms with E-state index in [0.717, 1.165) is 35.9 Å². The second-order valence-electron chi connectivity index (χ2n) is 7.48. The van der Waals surface area contributed by atoms with Gasteiger partial charge in [-0.15, -0.1) is 0 Å². The first kappa shape index (κ1) is 21.9. The van der Waals surface area contributed by atoms with Gasteiger partial charge in [0.15, 0.2) is 0 Å². The zero-order chi connectivity index (χ0) is 23.0. The Morgan fingerprint density at radius 3 is 2.31 bits per heavy atom. The zero-order valence-electron chi connectivity index (χ0n) is 17.0. The Morgan fingerprint density at radius 2 is 1.66 bits per heavy atom. The Morgan fingerprint density at radius 1 is 1.00 bits per heavy atom. The minimum Gasteiger partial charge on any atom is -0.321 e. The van der Waals surface area contributed by atoms with Gasteiger partial charge in [-0.05, 0) is 73.4 Å². The van der Waals surface area contributed by atoms with Crippen molar-refractivity contribution in [2.24, 2.45) is 0 Å². The van der Waals surface area contributed by atoms with Gasteiger partial charge in [0.25, 0.3) is 15.9 Å². The summed E-state index contributed by atoms with van der Waals surface area (Å²) in [5.74, 6) is -3.53. The van der Waals surface area contributed by atoms with Crippen LogP contribution < -0.4 is 9.62 Å². The van der Waals surface area contributed by atoms with E-state index in [-0.39, 0.29) is 17.1 Å². The molecular formula is C23H19F3N2O3S. The van der Waals surface area contributed by atoms with Gasteiger partial charge in [0, 0.05) is 12.2 Å². The Balaban J connectivity index is 1.73. The summed E-state index contributed by atoms with van der Waals surface area (Å²) in [7, 11) is -3.98. The van der Waals surface area contributed by atoms with Crippen LogP contribution in [0.3, 0.4) is 0 Å². The summed E-state index contributed by atoms with van der Waals surface area (Å²) in [6.45, 7) is 1.91. The van der Waals surface area contributed by atoms with Crippen molar-refractivity contribution in [1.29, 1.82) is 0 Å². The molecule has 4 rings (SSSR count). The van der Waals surface area contributed by atoms with Crippen molar-refractivity contribution in [3.8, 4) is 0 Å². The van der Waals surface area contributed by atoms with Crippen LogP contribution in [-0.4, -0.2) is 20.9 Å². The molecule has 0 bridgehead atoms. The molecule has 1 aliphatic heterocycles. The third kappa shape index (κ3) is 3.95. The van der Waals surface area contributed by atoms with E-state index in [1.807, 2.05) is 0 Å². The first-order valence-corrected chi connectivity index (χ1v) is 11.3. The molecule has 0 aromatic heterocycles. The van der Waals surface area contributed by atoms with E-state index < -0.39 is 38.9 Å². The number of carbonyl (C=O) groups excluding carboxylic acids is 1. The number of aryl methyl sites for hydroxylation is 2. The Hall–Kier alpha value is -3.33. The Bertz CT molecular complexity index is 1290. The van der Waals surface area contributed by atoms with Gasteiger partial charge in [-0.1, -0.05) is 12.1 Å². The smallest absolute Gasteiger partial charge is 0.264 e. The van der Waals surface area contributed by atoms with E-state index >= 15 is 0 Å². The maximum atomic E-state index is 14.0. The standard InChI is InChI=1S/C23H19F3N2O3S/c1-14-12-15-4-3-11-28(32(30,31)17-9-7-16(24)8-10-17)21(15)13-20(14)27-23(29)22-18(25)5-2-6-19(22)26/h2,5-10,12-13H,3-4,11H2,1H3,(H,27,29). The number of nitrogens with zero attached hydrogens (tertiary/aromatic N) is 1. The fourth-order valence-corrected chi connectivity index (χ4v) is 5.27. The summed E-state index contributed by atoms with van der Waals surface area (Å²) >= 11 is 0. The summed E-state index contributed by atoms with van der Waals surface area (Å²) in [5.41, 5.74) is 1.25. The highest BCUT2D eigenvalue weighted by molar-refractivity contribution is 7.92. The second kappa shape index (κ2) is 8.31. The van der Waals surface area contributed by atoms with Crippen molar-refractivity contribution in [1.82, 2.24) is 0 Å². The number of benzene rings is 3. The van der Waals surface area contributed by atoms with Crippen molar-refractivity contribution in [2.75, 3.05) is 16.2 Å². The monoisotopic (exact) mass is 460 g/mol. The van der Waals surface area contributed by atoms with Gasteiger partial charge >= 0.3 is 0 Å². The van der Waals surface area contributed by atoms with Gasteiger partial charge < -0.3 is 5.32 Å². The molecule has 3 aromatic rings. The topological polar surface area (TPSA) is 66.5 Å². The fourth-order valence-electron chi connectivity index (χ4n) is 3.74. The van der Waals surface area contributed by atoms with Gasteiger partial charge in [0.2, 0.25) is 0 Å². The molecule has 0 radical (unpaired) electrons. The minimum absolute atomic E-state index is 0.0636. The van der Waals surface area contributed by atoms with Crippen molar-refractivity contribution in [3.05, 3.63) is 88.7 Å². The molecule has 0 spiro atoms. The number of halogens is 3. The van der Waals surface area contributed by atoms with Gasteiger partial charge in [-0.3, -0.25) is 9.10 Å². The van der Waals surface area contributed by atoms with Crippen LogP contribution in [-0.2, 0) is 16.4 Å². The Kier molecular flexibility index (Phi) is 5.68. The quantitative estimate of drug-likeness (QED) is 0.608. The number of carbonyl (C=O) groups is 1. The molecule has 32 heavy (non-hydrogen) atoms. The lowest BCUT2D eigenvalue weighted by Crippen LogP contribution is -2.35. The van der Waals surface area contributed by atoms with Crippen molar-refractivity contribution in [3.63, 3.8) is 0 Å². The first-order valence-electron chi connectivity index (χ1n) is 9.85. The number of anilines is 2. The summed E-state index contributed by atoms with van der Waals surface area (Å²) in [6.07, 6.45) is 1.21. The van der Waals surface area contributed by atoms with E-state index in [9.17, 15) is 26.4 Å². The molecule has 5 nitrogen and oxygen atoms in total. The van der Waals surface area contributed by atoms with E-state index in [2.05, 4.69) is 5.32 Å². The highest BCUT2D eigenvalue weighted by Crippen LogP contribution is 2.36. The first-order chi connectivity index (χ1) is 15.2. The minimum atomic E-state index is -3.98. The molecule has 1 aliphatic rings. The molecule has 0 saturated heterocycles. The molecule has 9 heteroatoms. The van der Waals surface area contributed by atoms with Gasteiger partial charge in [0.1, 0.15) is 23.0 Å². The van der Waals surface area contributed by atoms with Crippen LogP contribution in [0.1, 0.15) is 27.9 Å². The lowest BCUT2D eigenvalue weighted by atomic mass is 9.99. The molecule has 0 fully saturated rings. The van der Waals surface area contributed by atoms with Crippen LogP contribution in [0.15, 0.2) is 59.5 Å². The van der Waals surface area contributed by atoms with Crippen molar-refractivity contribution < 1.29 is 26.4 Å². The predicted molar refractivity (Wildman–Crippen MR) is 115 cm³/mol. The molecule has 1 amide bonds. The Labute approximate surface area is 183 Å². The van der Waals surface area contributed by atoms with Gasteiger partial charge in [-0.25, -0.2) is 21.6 Å². The van der Waals surface area contributed by atoms with Crippen molar-refractivity contribution >= 4 is 27.3 Å². The van der Waals surface area contributed by atoms with Crippen LogP contribution in [0.5, 0.6) is 0 Å². The normalized spacial score (nSPS) is 13.6. The fraction of sp³-hybridized carbons (Fsp3) is 0.174. The van der Waals surface area contributed by atoms with Crippen molar-refractivity contribution in [2.45, 2.75) is 24.7 Å². The zero-order valence-corrected chi connectivity index (χ0v) is 17.8. The SMILES string of the molecule is Cc1cc2c(cc1NC(=O)c1c(F)cccc1F)N(S(=O)(=O)c1ccc(F)cc1)CCC2. The number of amides is 1. The number of nitrogens with one attached hydrogen (secondary N) is 1. The molecule has 0 unspecified atom stereocenters. The largest absolute Gasteiger partial charge is 0.321 e. The average Bonchev–Trinajstić information content (AvgIpc) is 2.74. The van der Waals surface area contributed by atoms with Crippen LogP contribution in [0.2, 0.25) is 0 Å². The number of fused-ring (bicyclic) bond motifs is 1. The second-order valence-corrected chi connectivity index (χ2v) is 9.34. The predicted octanol–water partition coefficient (Wildman–Crippen LogP) is 4.81. The maximum Gasteiger partial charge on any atom is 0.264 e. The van der Waals surface area contributed by atoms with Crippen LogP contribution in [0.25, 0.3) is 0 Å². The number of rotatable bonds is 4. The average molecular weight is 460 g/mol. The third-order valence-corrected chi connectivity index (χ3v) is 7.17. The van der Waals surface area contributed by atoms with E-state index in [1.54, 1.807) is 13.0 Å². The van der Waals surface area contributed by atoms with E-state index in [4.69, 9.17) is 0 Å². The molecule has 0 aliphatic carbocycles. The number of sulfonamides is 1. The van der Waals surface area contributed by atoms with Gasteiger partial charge in [0.05, 0.1) is 10.6 Å². The van der Waals surface area contributed by atoms with E-state index in [0.29, 0.717) is 24.1 Å². The summed E-state index contributed by atoms with van der Waals surface area (Å²) in [6, 6.07) is 10.9. The summed E-state index contributed by atoms with van der Waals surface area (Å²) in [4.78, 5) is 12.5. The molecule has 1 heterocycles. The summed E-state index contributed by atoms with van der Waals surface area (Å²) in [5, 5.41) is 2.49. The molecule has 0 saturated carbocycles. The number of hydrogen-bond donors (Lipinski definition) is 1. The molecular weight excluding hydrogens is 441 g/mol. The number of hydrogen-bond acceptors (Lipinski definition) is 3. The summed E-state index contributed by atoms with van der Waals surface area (Å²) < 4.78 is 68.9. The van der Waals surface area contributed by atoms with Crippen LogP contribution in [0, 0.1) is 24.4 Å². The van der Waals surface area contributed by atoms with Crippen LogP contribution in [0.4, 0.5) is 24.5 Å². The van der Waals surface area contributed by atoms with Crippen LogP contribution >= 0.6 is 0 Å². The molecule has 166 valence electrons. The van der Waals surface area contributed by atoms with Gasteiger partial charge in [-0.2, -0.15) is 0 Å². The third-order valence-electron chi connectivity index (χ3n) is 5.34. The van der Waals surface area contributed by atoms with E-state index in [1.165, 1.54) is 22.5 Å². The lowest BCUT2D eigenvalue weighted by molar-refractivity contribution is 0.101. The molecule has 3 aromatic carbocycles.